The molecule has 2 aromatic rings. The summed E-state index contributed by atoms with van der Waals surface area (Å²) in [6.07, 6.45) is 1.56. The average molecular weight is 256 g/mol. The van der Waals surface area contributed by atoms with Gasteiger partial charge >= 0.3 is 5.97 Å². The van der Waals surface area contributed by atoms with Gasteiger partial charge in [-0.2, -0.15) is 4.98 Å². The molecule has 6 heteroatoms. The second-order valence-electron chi connectivity index (χ2n) is 4.33. The van der Waals surface area contributed by atoms with Gasteiger partial charge in [0, 0.05) is 18.4 Å². The Morgan fingerprint density at radius 3 is 2.89 bits per heavy atom. The molecule has 1 aliphatic heterocycles. The first kappa shape index (κ1) is 11.5. The molecule has 0 radical (unpaired) electrons. The number of carboxylic acid groups (broad SMARTS) is 1. The highest BCUT2D eigenvalue weighted by atomic mass is 16.4. The van der Waals surface area contributed by atoms with Crippen LogP contribution in [-0.2, 0) is 4.79 Å². The molecule has 1 aromatic heterocycles. The van der Waals surface area contributed by atoms with Crippen LogP contribution in [0, 0.1) is 0 Å². The van der Waals surface area contributed by atoms with E-state index >= 15 is 0 Å². The number of nitrogens with zero attached hydrogens (tertiary/aromatic N) is 3. The molecule has 3 rings (SSSR count). The van der Waals surface area contributed by atoms with Crippen LogP contribution in [0.1, 0.15) is 11.5 Å². The Balaban J connectivity index is 2.08. The van der Waals surface area contributed by atoms with E-state index in [1.807, 2.05) is 29.2 Å². The van der Waals surface area contributed by atoms with Gasteiger partial charge in [0.25, 0.3) is 0 Å². The Morgan fingerprint density at radius 2 is 2.16 bits per heavy atom. The molecule has 0 bridgehead atoms. The molecule has 3 N–H and O–H groups in total. The largest absolute Gasteiger partial charge is 0.481 e. The van der Waals surface area contributed by atoms with Crippen molar-refractivity contribution in [2.75, 3.05) is 17.2 Å². The fraction of sp³-hybridized carbons (Fsp3) is 0.154. The third-order valence-corrected chi connectivity index (χ3v) is 3.20. The lowest BCUT2D eigenvalue weighted by atomic mass is 10.0. The molecule has 0 spiro atoms. The summed E-state index contributed by atoms with van der Waals surface area (Å²) in [6, 6.07) is 9.15. The Morgan fingerprint density at radius 1 is 1.37 bits per heavy atom. The molecule has 1 aromatic carbocycles. The molecule has 96 valence electrons. The van der Waals surface area contributed by atoms with Gasteiger partial charge in [-0.25, -0.2) is 4.98 Å². The molecule has 0 saturated carbocycles. The van der Waals surface area contributed by atoms with Crippen LogP contribution in [0.5, 0.6) is 0 Å². The van der Waals surface area contributed by atoms with Crippen molar-refractivity contribution < 1.29 is 9.90 Å². The van der Waals surface area contributed by atoms with Crippen LogP contribution in [0.4, 0.5) is 17.5 Å². The Kier molecular flexibility index (Phi) is 2.56. The first-order chi connectivity index (χ1) is 9.16. The zero-order valence-corrected chi connectivity index (χ0v) is 10.0. The predicted octanol–water partition coefficient (Wildman–Crippen LogP) is 1.38. The van der Waals surface area contributed by atoms with Gasteiger partial charge in [-0.05, 0) is 17.7 Å². The van der Waals surface area contributed by atoms with Crippen molar-refractivity contribution in [2.24, 2.45) is 0 Å². The van der Waals surface area contributed by atoms with E-state index in [1.54, 1.807) is 12.3 Å². The number of hydrogen-bond donors (Lipinski definition) is 2. The van der Waals surface area contributed by atoms with Gasteiger partial charge in [-0.15, -0.1) is 0 Å². The minimum absolute atomic E-state index is 0.175. The molecule has 0 aliphatic carbocycles. The van der Waals surface area contributed by atoms with Gasteiger partial charge < -0.3 is 15.7 Å². The Hall–Kier alpha value is -2.63. The topological polar surface area (TPSA) is 92.3 Å². The predicted molar refractivity (Wildman–Crippen MR) is 70.3 cm³/mol. The fourth-order valence-electron chi connectivity index (χ4n) is 2.35. The maximum atomic E-state index is 11.3. The number of rotatable bonds is 2. The zero-order chi connectivity index (χ0) is 13.4. The lowest BCUT2D eigenvalue weighted by molar-refractivity contribution is -0.138. The summed E-state index contributed by atoms with van der Waals surface area (Å²) in [4.78, 5) is 21.2. The molecule has 1 aliphatic rings. The normalized spacial score (nSPS) is 17.3. The SMILES string of the molecule is Nc1nccc(N2CC(C(=O)O)c3ccccc32)n1. The third-order valence-electron chi connectivity index (χ3n) is 3.20. The molecule has 1 atom stereocenters. The second kappa shape index (κ2) is 4.24. The second-order valence-corrected chi connectivity index (χ2v) is 4.33. The maximum absolute atomic E-state index is 11.3. The van der Waals surface area contributed by atoms with E-state index in [9.17, 15) is 9.90 Å². The van der Waals surface area contributed by atoms with Crippen LogP contribution >= 0.6 is 0 Å². The number of fused-ring (bicyclic) bond motifs is 1. The van der Waals surface area contributed by atoms with E-state index in [1.165, 1.54) is 0 Å². The summed E-state index contributed by atoms with van der Waals surface area (Å²) in [5.41, 5.74) is 7.23. The first-order valence-corrected chi connectivity index (χ1v) is 5.84. The maximum Gasteiger partial charge on any atom is 0.312 e. The van der Waals surface area contributed by atoms with Gasteiger partial charge in [0.15, 0.2) is 0 Å². The number of aliphatic carboxylic acids is 1. The smallest absolute Gasteiger partial charge is 0.312 e. The molecule has 1 unspecified atom stereocenters. The monoisotopic (exact) mass is 256 g/mol. The van der Waals surface area contributed by atoms with Crippen molar-refractivity contribution in [2.45, 2.75) is 5.92 Å². The number of anilines is 3. The highest BCUT2D eigenvalue weighted by molar-refractivity contribution is 5.85. The van der Waals surface area contributed by atoms with E-state index in [2.05, 4.69) is 9.97 Å². The van der Waals surface area contributed by atoms with Gasteiger partial charge in [0.2, 0.25) is 5.95 Å². The van der Waals surface area contributed by atoms with E-state index in [0.29, 0.717) is 12.4 Å². The lowest BCUT2D eigenvalue weighted by Crippen LogP contribution is -2.21. The molecular weight excluding hydrogens is 244 g/mol. The number of benzene rings is 1. The molecule has 19 heavy (non-hydrogen) atoms. The highest BCUT2D eigenvalue weighted by Crippen LogP contribution is 2.40. The number of nitrogens with two attached hydrogens (primary N) is 1. The van der Waals surface area contributed by atoms with Crippen LogP contribution in [0.25, 0.3) is 0 Å². The molecule has 2 heterocycles. The van der Waals surface area contributed by atoms with Gasteiger partial charge in [-0.3, -0.25) is 4.79 Å². The first-order valence-electron chi connectivity index (χ1n) is 5.84. The number of hydrogen-bond acceptors (Lipinski definition) is 5. The van der Waals surface area contributed by atoms with E-state index in [-0.39, 0.29) is 5.95 Å². The van der Waals surface area contributed by atoms with Crippen molar-refractivity contribution in [1.29, 1.82) is 0 Å². The van der Waals surface area contributed by atoms with E-state index in [0.717, 1.165) is 11.3 Å². The number of para-hydroxylation sites is 1. The standard InChI is InChI=1S/C13H12N4O2/c14-13-15-6-5-11(16-13)17-7-9(12(18)19)8-3-1-2-4-10(8)17/h1-6,9H,7H2,(H,18,19)(H2,14,15,16). The van der Waals surface area contributed by atoms with Crippen LogP contribution < -0.4 is 10.6 Å². The summed E-state index contributed by atoms with van der Waals surface area (Å²) in [5.74, 6) is -0.596. The van der Waals surface area contributed by atoms with Crippen LogP contribution in [0.15, 0.2) is 36.5 Å². The summed E-state index contributed by atoms with van der Waals surface area (Å²) >= 11 is 0. The molecule has 6 nitrogen and oxygen atoms in total. The van der Waals surface area contributed by atoms with Crippen molar-refractivity contribution in [3.8, 4) is 0 Å². The Bertz CT molecular complexity index is 644. The summed E-state index contributed by atoms with van der Waals surface area (Å²) in [5, 5.41) is 9.30. The third kappa shape index (κ3) is 1.87. The van der Waals surface area contributed by atoms with Gasteiger partial charge in [0.05, 0.1) is 0 Å². The number of nitrogen functional groups attached to an aromatic ring is 1. The van der Waals surface area contributed by atoms with Crippen molar-refractivity contribution >= 4 is 23.4 Å². The number of carbonyl (C=O) groups is 1. The molecular formula is C13H12N4O2. The minimum Gasteiger partial charge on any atom is -0.481 e. The summed E-state index contributed by atoms with van der Waals surface area (Å²) < 4.78 is 0. The zero-order valence-electron chi connectivity index (χ0n) is 10.0. The van der Waals surface area contributed by atoms with Crippen molar-refractivity contribution in [1.82, 2.24) is 9.97 Å². The highest BCUT2D eigenvalue weighted by Gasteiger charge is 2.34. The van der Waals surface area contributed by atoms with Crippen molar-refractivity contribution in [3.63, 3.8) is 0 Å². The van der Waals surface area contributed by atoms with Crippen LogP contribution in [-0.4, -0.2) is 27.6 Å². The van der Waals surface area contributed by atoms with Gasteiger partial charge in [0.1, 0.15) is 11.7 Å². The summed E-state index contributed by atoms with van der Waals surface area (Å²) in [6.45, 7) is 0.352. The number of carboxylic acids is 1. The van der Waals surface area contributed by atoms with E-state index < -0.39 is 11.9 Å². The average Bonchev–Trinajstić information content (AvgIpc) is 2.78. The lowest BCUT2D eigenvalue weighted by Gasteiger charge is -2.18. The van der Waals surface area contributed by atoms with Gasteiger partial charge in [-0.1, -0.05) is 18.2 Å². The molecule has 0 amide bonds. The molecule has 0 fully saturated rings. The Labute approximate surface area is 109 Å². The van der Waals surface area contributed by atoms with Crippen LogP contribution in [0.2, 0.25) is 0 Å². The summed E-state index contributed by atoms with van der Waals surface area (Å²) in [7, 11) is 0. The minimum atomic E-state index is -0.836. The van der Waals surface area contributed by atoms with E-state index in [4.69, 9.17) is 5.73 Å². The van der Waals surface area contributed by atoms with Crippen molar-refractivity contribution in [3.05, 3.63) is 42.1 Å². The van der Waals surface area contributed by atoms with Crippen LogP contribution in [0.3, 0.4) is 0 Å². The number of aromatic nitrogens is 2. The quantitative estimate of drug-likeness (QED) is 0.843. The fourth-order valence-corrected chi connectivity index (χ4v) is 2.35. The molecule has 0 saturated heterocycles.